The van der Waals surface area contributed by atoms with Crippen molar-refractivity contribution >= 4 is 45.1 Å². The van der Waals surface area contributed by atoms with Crippen molar-refractivity contribution in [1.29, 1.82) is 0 Å². The summed E-state index contributed by atoms with van der Waals surface area (Å²) in [6.45, 7) is 2.02. The third kappa shape index (κ3) is 3.73. The maximum absolute atomic E-state index is 11.8. The second-order valence-electron chi connectivity index (χ2n) is 4.04. The first kappa shape index (κ1) is 16.2. The van der Waals surface area contributed by atoms with Crippen LogP contribution in [0.1, 0.15) is 23.0 Å². The summed E-state index contributed by atoms with van der Waals surface area (Å²) >= 11 is 15.2. The molecule has 1 aromatic carbocycles. The van der Waals surface area contributed by atoms with Gasteiger partial charge in [-0.05, 0) is 41.1 Å². The number of nitrogens with zero attached hydrogens (tertiary/aromatic N) is 2. The predicted molar refractivity (Wildman–Crippen MR) is 85.7 cm³/mol. The summed E-state index contributed by atoms with van der Waals surface area (Å²) < 4.78 is 5.69. The Morgan fingerprint density at radius 1 is 1.43 bits per heavy atom. The molecule has 1 heterocycles. The van der Waals surface area contributed by atoms with E-state index in [-0.39, 0.29) is 18.1 Å². The number of aromatic nitrogens is 2. The number of carbonyl (C=O) groups is 1. The normalized spacial score (nSPS) is 10.5. The first-order valence-electron chi connectivity index (χ1n) is 6.11. The highest BCUT2D eigenvalue weighted by Gasteiger charge is 2.16. The number of ether oxygens (including phenoxy) is 1. The number of benzene rings is 1. The van der Waals surface area contributed by atoms with Gasteiger partial charge in [0.25, 0.3) is 0 Å². The molecule has 0 amide bonds. The first-order chi connectivity index (χ1) is 10.1. The van der Waals surface area contributed by atoms with E-state index in [1.54, 1.807) is 25.1 Å². The Kier molecular flexibility index (Phi) is 5.56. The van der Waals surface area contributed by atoms with E-state index in [0.29, 0.717) is 16.5 Å². The highest BCUT2D eigenvalue weighted by Crippen LogP contribution is 2.27. The third-order valence-corrected chi connectivity index (χ3v) is 4.13. The third-order valence-electron chi connectivity index (χ3n) is 2.67. The summed E-state index contributed by atoms with van der Waals surface area (Å²) in [7, 11) is 0. The fraction of sp³-hybridized carbons (Fsp3) is 0.214. The number of alkyl halides is 1. The number of rotatable bonds is 4. The second-order valence-corrected chi connectivity index (χ2v) is 5.57. The number of esters is 1. The highest BCUT2D eigenvalue weighted by molar-refractivity contribution is 9.10. The van der Waals surface area contributed by atoms with E-state index in [1.807, 2.05) is 0 Å². The lowest BCUT2D eigenvalue weighted by molar-refractivity contribution is 0.0524. The Morgan fingerprint density at radius 3 is 2.81 bits per heavy atom. The van der Waals surface area contributed by atoms with Gasteiger partial charge in [-0.15, -0.1) is 11.6 Å². The standard InChI is InChI=1S/C14H11BrCl2N2O2/c1-2-21-14(20)9-7-18-13(19-12(9)6-16)8-3-4-11(17)10(15)5-8/h3-5,7H,2,6H2,1H3. The molecule has 7 heteroatoms. The van der Waals surface area contributed by atoms with Gasteiger partial charge in [-0.25, -0.2) is 14.8 Å². The molecule has 0 saturated carbocycles. The quantitative estimate of drug-likeness (QED) is 0.571. The number of halogens is 3. The van der Waals surface area contributed by atoms with Crippen LogP contribution < -0.4 is 0 Å². The molecular weight excluding hydrogens is 379 g/mol. The van der Waals surface area contributed by atoms with Gasteiger partial charge in [-0.2, -0.15) is 0 Å². The molecule has 0 aliphatic heterocycles. The van der Waals surface area contributed by atoms with Gasteiger partial charge in [0.15, 0.2) is 5.82 Å². The monoisotopic (exact) mass is 388 g/mol. The van der Waals surface area contributed by atoms with Crippen molar-refractivity contribution in [2.24, 2.45) is 0 Å². The van der Waals surface area contributed by atoms with Crippen molar-refractivity contribution in [3.8, 4) is 11.4 Å². The summed E-state index contributed by atoms with van der Waals surface area (Å²) in [5.41, 5.74) is 1.49. The van der Waals surface area contributed by atoms with E-state index in [1.165, 1.54) is 6.20 Å². The molecule has 0 unspecified atom stereocenters. The van der Waals surface area contributed by atoms with E-state index in [4.69, 9.17) is 27.9 Å². The van der Waals surface area contributed by atoms with Gasteiger partial charge in [0, 0.05) is 16.2 Å². The van der Waals surface area contributed by atoms with Gasteiger partial charge in [-0.1, -0.05) is 11.6 Å². The van der Waals surface area contributed by atoms with Crippen molar-refractivity contribution < 1.29 is 9.53 Å². The second kappa shape index (κ2) is 7.20. The lowest BCUT2D eigenvalue weighted by atomic mass is 10.2. The van der Waals surface area contributed by atoms with Crippen LogP contribution in [0, 0.1) is 0 Å². The molecule has 0 N–H and O–H groups in total. The maximum Gasteiger partial charge on any atom is 0.341 e. The Hall–Kier alpha value is -1.17. The van der Waals surface area contributed by atoms with E-state index in [9.17, 15) is 4.79 Å². The number of hydrogen-bond acceptors (Lipinski definition) is 4. The molecule has 2 rings (SSSR count). The van der Waals surface area contributed by atoms with Gasteiger partial charge in [0.1, 0.15) is 5.56 Å². The molecule has 1 aromatic heterocycles. The van der Waals surface area contributed by atoms with Gasteiger partial charge in [-0.3, -0.25) is 0 Å². The summed E-state index contributed by atoms with van der Waals surface area (Å²) in [5, 5.41) is 0.597. The van der Waals surface area contributed by atoms with Crippen LogP contribution in [0.5, 0.6) is 0 Å². The molecule has 0 radical (unpaired) electrons. The van der Waals surface area contributed by atoms with Crippen LogP contribution in [0.2, 0.25) is 5.02 Å². The average molecular weight is 390 g/mol. The summed E-state index contributed by atoms with van der Waals surface area (Å²) in [4.78, 5) is 20.3. The van der Waals surface area contributed by atoms with E-state index in [0.717, 1.165) is 10.0 Å². The lowest BCUT2D eigenvalue weighted by Crippen LogP contribution is -2.10. The molecule has 0 fully saturated rings. The number of carbonyl (C=O) groups excluding carboxylic acids is 1. The molecule has 0 bridgehead atoms. The largest absolute Gasteiger partial charge is 0.462 e. The predicted octanol–water partition coefficient (Wildman–Crippen LogP) is 4.48. The minimum Gasteiger partial charge on any atom is -0.462 e. The average Bonchev–Trinajstić information content (AvgIpc) is 2.49. The Morgan fingerprint density at radius 2 is 2.19 bits per heavy atom. The zero-order chi connectivity index (χ0) is 15.4. The molecule has 2 aromatic rings. The van der Waals surface area contributed by atoms with Crippen LogP contribution in [0.4, 0.5) is 0 Å². The lowest BCUT2D eigenvalue weighted by Gasteiger charge is -2.08. The molecule has 0 aliphatic rings. The summed E-state index contributed by atoms with van der Waals surface area (Å²) in [6, 6.07) is 5.34. The molecule has 21 heavy (non-hydrogen) atoms. The van der Waals surface area contributed by atoms with Crippen LogP contribution in [0.25, 0.3) is 11.4 Å². The van der Waals surface area contributed by atoms with Crippen LogP contribution in [-0.4, -0.2) is 22.5 Å². The van der Waals surface area contributed by atoms with Gasteiger partial charge < -0.3 is 4.74 Å². The van der Waals surface area contributed by atoms with Crippen LogP contribution in [-0.2, 0) is 10.6 Å². The van der Waals surface area contributed by atoms with Gasteiger partial charge >= 0.3 is 5.97 Å². The molecule has 110 valence electrons. The first-order valence-corrected chi connectivity index (χ1v) is 7.81. The van der Waals surface area contributed by atoms with Gasteiger partial charge in [0.05, 0.1) is 23.2 Å². The zero-order valence-electron chi connectivity index (χ0n) is 11.1. The van der Waals surface area contributed by atoms with Crippen LogP contribution in [0.3, 0.4) is 0 Å². The van der Waals surface area contributed by atoms with Crippen LogP contribution in [0.15, 0.2) is 28.9 Å². The van der Waals surface area contributed by atoms with Crippen molar-refractivity contribution in [1.82, 2.24) is 9.97 Å². The number of hydrogen-bond donors (Lipinski definition) is 0. The smallest absolute Gasteiger partial charge is 0.341 e. The Labute approximate surface area is 140 Å². The van der Waals surface area contributed by atoms with Crippen molar-refractivity contribution in [3.63, 3.8) is 0 Å². The fourth-order valence-corrected chi connectivity index (χ4v) is 2.37. The van der Waals surface area contributed by atoms with E-state index >= 15 is 0 Å². The van der Waals surface area contributed by atoms with Crippen LogP contribution >= 0.6 is 39.1 Å². The highest BCUT2D eigenvalue weighted by atomic mass is 79.9. The zero-order valence-corrected chi connectivity index (χ0v) is 14.2. The summed E-state index contributed by atoms with van der Waals surface area (Å²) in [5.74, 6) is 0.0892. The van der Waals surface area contributed by atoms with E-state index < -0.39 is 5.97 Å². The fourth-order valence-electron chi connectivity index (χ4n) is 1.67. The Bertz CT molecular complexity index is 680. The van der Waals surface area contributed by atoms with Gasteiger partial charge in [0.2, 0.25) is 0 Å². The maximum atomic E-state index is 11.8. The molecule has 0 spiro atoms. The minimum atomic E-state index is -0.475. The summed E-state index contributed by atoms with van der Waals surface area (Å²) in [6.07, 6.45) is 1.43. The minimum absolute atomic E-state index is 0.0957. The molecule has 4 nitrogen and oxygen atoms in total. The molecular formula is C14H11BrCl2N2O2. The van der Waals surface area contributed by atoms with Crippen molar-refractivity contribution in [2.75, 3.05) is 6.61 Å². The van der Waals surface area contributed by atoms with E-state index in [2.05, 4.69) is 25.9 Å². The topological polar surface area (TPSA) is 52.1 Å². The SMILES string of the molecule is CCOC(=O)c1cnc(-c2ccc(Cl)c(Br)c2)nc1CCl. The molecule has 0 aliphatic carbocycles. The molecule has 0 saturated heterocycles. The Balaban J connectivity index is 2.42. The molecule has 0 atom stereocenters. The van der Waals surface area contributed by atoms with Crippen molar-refractivity contribution in [3.05, 3.63) is 45.1 Å². The van der Waals surface area contributed by atoms with Crippen molar-refractivity contribution in [2.45, 2.75) is 12.8 Å².